The Hall–Kier alpha value is -5.33. The van der Waals surface area contributed by atoms with Crippen LogP contribution in [0, 0.1) is 0 Å². The smallest absolute Gasteiger partial charge is 0.406 e. The highest BCUT2D eigenvalue weighted by molar-refractivity contribution is 5.61. The number of nitrogens with zero attached hydrogens (tertiary/aromatic N) is 8. The van der Waals surface area contributed by atoms with Crippen molar-refractivity contribution < 1.29 is 49.0 Å². The first-order valence-corrected chi connectivity index (χ1v) is 14.6. The summed E-state index contributed by atoms with van der Waals surface area (Å²) in [5.41, 5.74) is 2.91. The van der Waals surface area contributed by atoms with Gasteiger partial charge in [0, 0.05) is 30.7 Å². The summed E-state index contributed by atoms with van der Waals surface area (Å²) in [5, 5.41) is 18.9. The van der Waals surface area contributed by atoms with E-state index in [1.165, 1.54) is 60.8 Å². The van der Waals surface area contributed by atoms with Crippen molar-refractivity contribution in [1.29, 1.82) is 0 Å². The predicted molar refractivity (Wildman–Crippen MR) is 161 cm³/mol. The normalized spacial score (nSPS) is 11.9. The van der Waals surface area contributed by atoms with Gasteiger partial charge in [0.2, 0.25) is 5.82 Å². The van der Waals surface area contributed by atoms with Gasteiger partial charge < -0.3 is 4.74 Å². The van der Waals surface area contributed by atoms with Gasteiger partial charge in [-0.25, -0.2) is 0 Å². The summed E-state index contributed by atoms with van der Waals surface area (Å²) in [4.78, 5) is 4.17. The summed E-state index contributed by atoms with van der Waals surface area (Å²) in [6, 6.07) is 14.3. The molecule has 0 unspecified atom stereocenters. The van der Waals surface area contributed by atoms with Crippen LogP contribution in [-0.4, -0.2) is 58.8 Å². The maximum Gasteiger partial charge on any atom is 0.573 e. The van der Waals surface area contributed by atoms with Crippen molar-refractivity contribution in [2.24, 2.45) is 0 Å². The lowest BCUT2D eigenvalue weighted by Crippen LogP contribution is -2.16. The molecule has 4 aromatic heterocycles. The molecule has 0 aliphatic heterocycles. The zero-order valence-corrected chi connectivity index (χ0v) is 26.3. The number of fused-ring (bicyclic) bond motifs is 2. The topological polar surface area (TPSA) is 105 Å². The number of rotatable bonds is 8. The molecule has 0 bridgehead atoms. The highest BCUT2D eigenvalue weighted by Gasteiger charge is 2.32. The molecule has 6 aromatic rings. The fraction of sp³-hybridized carbons (Fsp3) is 0.290. The number of hydrogen-bond acceptors (Lipinski definition) is 8. The van der Waals surface area contributed by atoms with Gasteiger partial charge in [-0.2, -0.15) is 18.4 Å². The third-order valence-corrected chi connectivity index (χ3v) is 6.37. The predicted octanol–water partition coefficient (Wildman–Crippen LogP) is 8.17. The largest absolute Gasteiger partial charge is 0.573 e. The lowest BCUT2D eigenvalue weighted by atomic mass is 10.1. The third-order valence-electron chi connectivity index (χ3n) is 6.37. The van der Waals surface area contributed by atoms with Gasteiger partial charge >= 0.3 is 18.6 Å². The zero-order chi connectivity index (χ0) is 36.7. The van der Waals surface area contributed by atoms with Crippen molar-refractivity contribution >= 4 is 11.3 Å². The van der Waals surface area contributed by atoms with Gasteiger partial charge in [0.15, 0.2) is 11.3 Å². The molecule has 0 spiro atoms. The van der Waals surface area contributed by atoms with Crippen LogP contribution >= 0.6 is 0 Å². The van der Waals surface area contributed by atoms with Crippen LogP contribution in [0.15, 0.2) is 73.1 Å². The molecule has 0 saturated heterocycles. The molecular formula is C31H27F9N8O2. The Kier molecular flexibility index (Phi) is 11.6. The monoisotopic (exact) mass is 714 g/mol. The van der Waals surface area contributed by atoms with Gasteiger partial charge in [0.1, 0.15) is 11.6 Å². The quantitative estimate of drug-likeness (QED) is 0.146. The van der Waals surface area contributed by atoms with E-state index in [2.05, 4.69) is 40.0 Å². The number of benzene rings is 2. The maximum absolute atomic E-state index is 13.5. The summed E-state index contributed by atoms with van der Waals surface area (Å²) < 4.78 is 122. The standard InChI is InChI=1S/C15H11F5N4O.C14H10F4N4O.C2H6/c1-14(16,17)13-22-21-12-7-6-11(23-24(12)13)10-4-2-9(3-5-10)8-25-15(18,19)20;15-6-5-12-20-21-13-7-19-11(8-22(12)13)9-1-3-10(4-2-9)23-14(16,17)18;1-2/h2-7H,8H2,1H3;1-4,7-8H,5-6H2;1-2H3. The Balaban J connectivity index is 0.000000215. The second kappa shape index (κ2) is 15.5. The average molecular weight is 715 g/mol. The second-order valence-corrected chi connectivity index (χ2v) is 9.96. The van der Waals surface area contributed by atoms with E-state index in [1.54, 1.807) is 16.7 Å². The maximum atomic E-state index is 13.5. The molecule has 0 aliphatic carbocycles. The van der Waals surface area contributed by atoms with E-state index in [-0.39, 0.29) is 17.8 Å². The van der Waals surface area contributed by atoms with Gasteiger partial charge in [0.05, 0.1) is 30.9 Å². The SMILES string of the molecule is CC.CC(F)(F)c1nnc2ccc(-c3ccc(COC(F)(F)F)cc3)nn12.FCCc1nnc2cnc(-c3ccc(OC(F)(F)F)cc3)cn12. The molecule has 0 amide bonds. The van der Waals surface area contributed by atoms with Crippen molar-refractivity contribution in [3.63, 3.8) is 0 Å². The highest BCUT2D eigenvalue weighted by Crippen LogP contribution is 2.28. The summed E-state index contributed by atoms with van der Waals surface area (Å²) in [6.07, 6.45) is -6.25. The zero-order valence-electron chi connectivity index (χ0n) is 26.3. The highest BCUT2D eigenvalue weighted by atomic mass is 19.4. The van der Waals surface area contributed by atoms with Crippen molar-refractivity contribution in [3.05, 3.63) is 90.3 Å². The molecule has 0 aliphatic rings. The lowest BCUT2D eigenvalue weighted by Gasteiger charge is -2.09. The van der Waals surface area contributed by atoms with Crippen LogP contribution in [0.5, 0.6) is 5.75 Å². The van der Waals surface area contributed by atoms with Gasteiger partial charge in [-0.05, 0) is 42.0 Å². The van der Waals surface area contributed by atoms with E-state index in [1.807, 2.05) is 13.8 Å². The molecule has 0 atom stereocenters. The molecular weight excluding hydrogens is 687 g/mol. The Morgan fingerprint density at radius 2 is 1.32 bits per heavy atom. The Labute approximate surface area is 277 Å². The van der Waals surface area contributed by atoms with Crippen LogP contribution in [0.2, 0.25) is 0 Å². The van der Waals surface area contributed by atoms with E-state index < -0.39 is 37.8 Å². The van der Waals surface area contributed by atoms with E-state index >= 15 is 0 Å². The van der Waals surface area contributed by atoms with E-state index in [0.29, 0.717) is 46.5 Å². The van der Waals surface area contributed by atoms with E-state index in [4.69, 9.17) is 0 Å². The first-order valence-electron chi connectivity index (χ1n) is 14.6. The van der Waals surface area contributed by atoms with Crippen molar-refractivity contribution in [3.8, 4) is 28.3 Å². The van der Waals surface area contributed by atoms with Crippen LogP contribution < -0.4 is 4.74 Å². The van der Waals surface area contributed by atoms with E-state index in [0.717, 1.165) is 4.52 Å². The Morgan fingerprint density at radius 3 is 1.92 bits per heavy atom. The molecule has 266 valence electrons. The number of ether oxygens (including phenoxy) is 2. The molecule has 4 heterocycles. The Morgan fingerprint density at radius 1 is 0.700 bits per heavy atom. The van der Waals surface area contributed by atoms with Crippen molar-refractivity contribution in [1.82, 2.24) is 39.4 Å². The Bertz CT molecular complexity index is 1990. The summed E-state index contributed by atoms with van der Waals surface area (Å²) in [6.45, 7) is 3.50. The van der Waals surface area contributed by atoms with Gasteiger partial charge in [-0.15, -0.1) is 46.7 Å². The molecule has 50 heavy (non-hydrogen) atoms. The molecule has 0 fully saturated rings. The summed E-state index contributed by atoms with van der Waals surface area (Å²) in [5.74, 6) is -3.68. The van der Waals surface area contributed by atoms with Crippen molar-refractivity contribution in [2.75, 3.05) is 6.67 Å². The minimum atomic E-state index is -4.73. The number of alkyl halides is 9. The molecule has 10 nitrogen and oxygen atoms in total. The molecule has 0 N–H and O–H groups in total. The first kappa shape index (κ1) is 37.5. The van der Waals surface area contributed by atoms with Crippen LogP contribution in [-0.2, 0) is 23.7 Å². The fourth-order valence-corrected chi connectivity index (χ4v) is 4.23. The van der Waals surface area contributed by atoms with Crippen LogP contribution in [0.1, 0.15) is 38.0 Å². The van der Waals surface area contributed by atoms with Crippen LogP contribution in [0.3, 0.4) is 0 Å². The average Bonchev–Trinajstić information content (AvgIpc) is 3.69. The molecule has 0 radical (unpaired) electrons. The van der Waals surface area contributed by atoms with Crippen LogP contribution in [0.25, 0.3) is 33.8 Å². The molecule has 2 aromatic carbocycles. The third kappa shape index (κ3) is 9.86. The second-order valence-electron chi connectivity index (χ2n) is 9.96. The molecule has 6 rings (SSSR count). The number of halogens is 9. The van der Waals surface area contributed by atoms with Gasteiger partial charge in [-0.3, -0.25) is 18.5 Å². The number of aromatic nitrogens is 8. The van der Waals surface area contributed by atoms with Gasteiger partial charge in [0.25, 0.3) is 0 Å². The lowest BCUT2D eigenvalue weighted by molar-refractivity contribution is -0.330. The minimum Gasteiger partial charge on any atom is -0.406 e. The molecule has 19 heteroatoms. The number of hydrogen-bond donors (Lipinski definition) is 0. The van der Waals surface area contributed by atoms with Crippen LogP contribution in [0.4, 0.5) is 39.5 Å². The van der Waals surface area contributed by atoms with Crippen molar-refractivity contribution in [2.45, 2.75) is 52.4 Å². The molecule has 0 saturated carbocycles. The summed E-state index contributed by atoms with van der Waals surface area (Å²) >= 11 is 0. The van der Waals surface area contributed by atoms with E-state index in [9.17, 15) is 39.5 Å². The first-order chi connectivity index (χ1) is 23.6. The summed E-state index contributed by atoms with van der Waals surface area (Å²) in [7, 11) is 0. The number of aryl methyl sites for hydroxylation is 1. The minimum absolute atomic E-state index is 0.114. The fourth-order valence-electron chi connectivity index (χ4n) is 4.23. The van der Waals surface area contributed by atoms with Gasteiger partial charge in [-0.1, -0.05) is 38.1 Å².